The van der Waals surface area contributed by atoms with Crippen LogP contribution < -0.4 is 15.4 Å². The quantitative estimate of drug-likeness (QED) is 0.147. The van der Waals surface area contributed by atoms with E-state index in [2.05, 4.69) is 14.7 Å². The van der Waals surface area contributed by atoms with Crippen molar-refractivity contribution in [1.82, 2.24) is 14.4 Å². The molecule has 1 heterocycles. The van der Waals surface area contributed by atoms with E-state index in [1.807, 2.05) is 18.7 Å². The number of alkyl halides is 3. The highest BCUT2D eigenvalue weighted by molar-refractivity contribution is 7.98. The third-order valence-electron chi connectivity index (χ3n) is 4.51. The molecule has 0 unspecified atom stereocenters. The summed E-state index contributed by atoms with van der Waals surface area (Å²) in [6.45, 7) is 3.19. The van der Waals surface area contributed by atoms with Crippen LogP contribution in [0.1, 0.15) is 31.4 Å². The SMILES string of the molecule is CC(C)N(C)c1nc(N)ncc1/C=C(\C=O)c1ccc(NSN(O)CCC(F)(F)F)c(F)c1. The van der Waals surface area contributed by atoms with Gasteiger partial charge in [-0.2, -0.15) is 18.2 Å². The van der Waals surface area contributed by atoms with Crippen LogP contribution in [0, 0.1) is 5.82 Å². The van der Waals surface area contributed by atoms with E-state index in [9.17, 15) is 27.6 Å². The fraction of sp³-hybridized carbons (Fsp3) is 0.350. The lowest BCUT2D eigenvalue weighted by molar-refractivity contribution is -0.145. The summed E-state index contributed by atoms with van der Waals surface area (Å²) in [7, 11) is 1.81. The molecule has 4 N–H and O–H groups in total. The Hall–Kier alpha value is -2.90. The van der Waals surface area contributed by atoms with Gasteiger partial charge < -0.3 is 20.6 Å². The average Bonchev–Trinajstić information content (AvgIpc) is 2.74. The Morgan fingerprint density at radius 2 is 2.06 bits per heavy atom. The highest BCUT2D eigenvalue weighted by Gasteiger charge is 2.27. The summed E-state index contributed by atoms with van der Waals surface area (Å²) in [4.78, 5) is 21.8. The summed E-state index contributed by atoms with van der Waals surface area (Å²) >= 11 is 0.397. The minimum absolute atomic E-state index is 0.0643. The third kappa shape index (κ3) is 7.87. The summed E-state index contributed by atoms with van der Waals surface area (Å²) in [5.41, 5.74) is 6.51. The molecule has 0 atom stereocenters. The Balaban J connectivity index is 2.22. The smallest absolute Gasteiger partial charge is 0.368 e. The molecule has 0 saturated heterocycles. The van der Waals surface area contributed by atoms with Gasteiger partial charge in [-0.25, -0.2) is 9.37 Å². The second-order valence-corrected chi connectivity index (χ2v) is 8.07. The number of allylic oxidation sites excluding steroid dienone is 1. The lowest BCUT2D eigenvalue weighted by atomic mass is 10.0. The molecule has 0 amide bonds. The van der Waals surface area contributed by atoms with Crippen molar-refractivity contribution in [3.05, 3.63) is 41.3 Å². The topological polar surface area (TPSA) is 108 Å². The fourth-order valence-corrected chi connectivity index (χ4v) is 3.08. The highest BCUT2D eigenvalue weighted by atomic mass is 32.2. The number of hydroxylamine groups is 1. The number of halogens is 4. The van der Waals surface area contributed by atoms with Crippen molar-refractivity contribution in [3.63, 3.8) is 0 Å². The van der Waals surface area contributed by atoms with E-state index < -0.39 is 25.0 Å². The maximum Gasteiger partial charge on any atom is 0.390 e. The fourth-order valence-electron chi connectivity index (χ4n) is 2.52. The number of benzene rings is 1. The van der Waals surface area contributed by atoms with Crippen LogP contribution in [0.25, 0.3) is 11.6 Å². The van der Waals surface area contributed by atoms with Gasteiger partial charge in [-0.3, -0.25) is 4.79 Å². The number of nitrogen functional groups attached to an aromatic ring is 1. The van der Waals surface area contributed by atoms with Gasteiger partial charge in [0.1, 0.15) is 11.6 Å². The van der Waals surface area contributed by atoms with E-state index in [0.29, 0.717) is 34.3 Å². The first-order valence-electron chi connectivity index (χ1n) is 9.69. The molecule has 0 bridgehead atoms. The summed E-state index contributed by atoms with van der Waals surface area (Å²) < 4.78 is 53.9. The van der Waals surface area contributed by atoms with E-state index in [4.69, 9.17) is 5.73 Å². The van der Waals surface area contributed by atoms with Crippen LogP contribution in [0.3, 0.4) is 0 Å². The lowest BCUT2D eigenvalue weighted by Crippen LogP contribution is -2.27. The molecule has 0 saturated carbocycles. The second kappa shape index (κ2) is 11.3. The van der Waals surface area contributed by atoms with Gasteiger partial charge in [0.25, 0.3) is 0 Å². The summed E-state index contributed by atoms with van der Waals surface area (Å²) in [5.74, 6) is -0.214. The van der Waals surface area contributed by atoms with Crippen LogP contribution in [-0.4, -0.2) is 51.7 Å². The largest absolute Gasteiger partial charge is 0.390 e. The van der Waals surface area contributed by atoms with Gasteiger partial charge in [0.2, 0.25) is 5.95 Å². The molecular weight excluding hydrogens is 464 g/mol. The maximum atomic E-state index is 14.5. The zero-order chi connectivity index (χ0) is 24.8. The van der Waals surface area contributed by atoms with Crippen LogP contribution in [0.2, 0.25) is 0 Å². The highest BCUT2D eigenvalue weighted by Crippen LogP contribution is 2.28. The van der Waals surface area contributed by atoms with Crippen molar-refractivity contribution in [3.8, 4) is 0 Å². The monoisotopic (exact) mass is 488 g/mol. The molecular formula is C20H24F4N6O2S. The van der Waals surface area contributed by atoms with Crippen LogP contribution >= 0.6 is 12.1 Å². The molecule has 0 aliphatic carbocycles. The first-order chi connectivity index (χ1) is 15.4. The van der Waals surface area contributed by atoms with Gasteiger partial charge in [0.15, 0.2) is 6.29 Å². The molecule has 0 spiro atoms. The van der Waals surface area contributed by atoms with E-state index in [1.165, 1.54) is 24.4 Å². The lowest BCUT2D eigenvalue weighted by Gasteiger charge is -2.24. The molecule has 180 valence electrons. The summed E-state index contributed by atoms with van der Waals surface area (Å²) in [6, 6.07) is 3.92. The van der Waals surface area contributed by atoms with Crippen LogP contribution in [0.4, 0.5) is 35.0 Å². The molecule has 33 heavy (non-hydrogen) atoms. The number of hydrogen-bond acceptors (Lipinski definition) is 9. The van der Waals surface area contributed by atoms with E-state index in [0.717, 1.165) is 6.07 Å². The van der Waals surface area contributed by atoms with Gasteiger partial charge >= 0.3 is 6.18 Å². The normalized spacial score (nSPS) is 12.4. The first kappa shape index (κ1) is 26.4. The van der Waals surface area contributed by atoms with Gasteiger partial charge in [0.05, 0.1) is 24.2 Å². The Bertz CT molecular complexity index is 1000. The van der Waals surface area contributed by atoms with Gasteiger partial charge in [-0.15, -0.1) is 4.47 Å². The Morgan fingerprint density at radius 1 is 1.36 bits per heavy atom. The van der Waals surface area contributed by atoms with Crippen molar-refractivity contribution in [2.45, 2.75) is 32.5 Å². The van der Waals surface area contributed by atoms with Gasteiger partial charge in [0, 0.05) is 37.0 Å². The molecule has 1 aromatic heterocycles. The van der Waals surface area contributed by atoms with Crippen molar-refractivity contribution < 1.29 is 27.6 Å². The number of aldehydes is 1. The van der Waals surface area contributed by atoms with Gasteiger partial charge in [-0.1, -0.05) is 6.07 Å². The first-order valence-corrected chi connectivity index (χ1v) is 10.5. The van der Waals surface area contributed by atoms with Crippen molar-refractivity contribution in [2.24, 2.45) is 0 Å². The zero-order valence-electron chi connectivity index (χ0n) is 18.1. The van der Waals surface area contributed by atoms with Gasteiger partial charge in [-0.05, 0) is 37.6 Å². The molecule has 0 fully saturated rings. The molecule has 13 heteroatoms. The zero-order valence-corrected chi connectivity index (χ0v) is 18.9. The molecule has 0 aliphatic rings. The standard InChI is InChI=1S/C20H24F4N6O2S/c1-12(2)29(3)18-14(10-26-19(25)27-18)8-15(11-31)13-4-5-17(16(21)9-13)28-33-30(32)7-6-20(22,23)24/h4-5,8-12,28,32H,6-7H2,1-3H3,(H2,25,26,27)/b15-8+. The minimum atomic E-state index is -4.43. The third-order valence-corrected chi connectivity index (χ3v) is 5.22. The number of carbonyl (C=O) groups is 1. The number of anilines is 3. The second-order valence-electron chi connectivity index (χ2n) is 7.26. The molecule has 8 nitrogen and oxygen atoms in total. The van der Waals surface area contributed by atoms with E-state index >= 15 is 0 Å². The maximum absolute atomic E-state index is 14.5. The van der Waals surface area contributed by atoms with E-state index in [-0.39, 0.29) is 28.8 Å². The number of carbonyl (C=O) groups excluding carboxylic acids is 1. The number of hydrogen-bond donors (Lipinski definition) is 3. The molecule has 0 aliphatic heterocycles. The van der Waals surface area contributed by atoms with Crippen LogP contribution in [0.5, 0.6) is 0 Å². The average molecular weight is 489 g/mol. The van der Waals surface area contributed by atoms with Crippen molar-refractivity contribution >= 4 is 47.5 Å². The van der Waals surface area contributed by atoms with E-state index in [1.54, 1.807) is 7.05 Å². The van der Waals surface area contributed by atoms with Crippen molar-refractivity contribution in [2.75, 3.05) is 28.9 Å². The number of nitrogens with zero attached hydrogens (tertiary/aromatic N) is 4. The predicted octanol–water partition coefficient (Wildman–Crippen LogP) is 4.40. The molecule has 0 radical (unpaired) electrons. The molecule has 2 rings (SSSR count). The summed E-state index contributed by atoms with van der Waals surface area (Å²) in [6.07, 6.45) is -2.14. The number of aromatic nitrogens is 2. The summed E-state index contributed by atoms with van der Waals surface area (Å²) in [5, 5.41) is 9.47. The number of nitrogens with one attached hydrogen (secondary N) is 1. The number of rotatable bonds is 10. The van der Waals surface area contributed by atoms with Crippen LogP contribution in [0.15, 0.2) is 24.4 Å². The Labute approximate surface area is 192 Å². The molecule has 1 aromatic carbocycles. The predicted molar refractivity (Wildman–Crippen MR) is 121 cm³/mol. The van der Waals surface area contributed by atoms with Crippen molar-refractivity contribution in [1.29, 1.82) is 0 Å². The van der Waals surface area contributed by atoms with Crippen LogP contribution in [-0.2, 0) is 4.79 Å². The Morgan fingerprint density at radius 3 is 2.64 bits per heavy atom. The Kier molecular flexibility index (Phi) is 9.02. The molecule has 2 aromatic rings. The number of nitrogens with two attached hydrogens (primary N) is 1. The minimum Gasteiger partial charge on any atom is -0.368 e.